The molecule has 1 saturated carbocycles. The van der Waals surface area contributed by atoms with Crippen molar-refractivity contribution in [2.45, 2.75) is 89.0 Å². The highest BCUT2D eigenvalue weighted by atomic mass is 16.5. The molecule has 6 atom stereocenters. The van der Waals surface area contributed by atoms with Gasteiger partial charge in [-0.05, 0) is 96.9 Å². The standard InChI is InChI=1S/C46H54N8O7/c1-25(2)37(51-45(57)59-3)44(56)54-32-14-11-31(23-32)40(54)42-47-24-35(49-42)27-9-7-26(8-10-27)29-12-15-33-30(22-29)13-16-34-39(33)50-41(48-34)36-6-5-19-53(36)43(55)38(52-46(58)60-4)28-17-20-61-21-18-28/h7-10,12-13,15-16,22,24-25,28,31-32,36-38,40H,5-6,11,14,17-21,23H2,1-4H3,(H,47,49)(H,48,50)(H,51,57)(H,52,58)/t31-,32+,36?,37-,38-,40-/m0/s1. The van der Waals surface area contributed by atoms with Crippen LogP contribution < -0.4 is 10.6 Å². The zero-order valence-corrected chi connectivity index (χ0v) is 35.1. The number of imidazole rings is 2. The summed E-state index contributed by atoms with van der Waals surface area (Å²) in [6.45, 7) is 5.56. The van der Waals surface area contributed by atoms with Gasteiger partial charge in [-0.15, -0.1) is 0 Å². The SMILES string of the molecule is COC(=O)N[C@H](C(=O)N1[C@@H]2CC[C@@H](C2)[C@H]1c1ncc(-c2ccc(-c3ccc4c(ccc5[nH]c(C6CCCN6C(=O)[C@@H](NC(=O)OC)C6CCOCC6)nc54)c3)cc2)[nH]1)C(C)C. The molecule has 9 rings (SSSR count). The summed E-state index contributed by atoms with van der Waals surface area (Å²) in [7, 11) is 2.62. The molecule has 4 amide bonds. The second-order valence-corrected chi connectivity index (χ2v) is 17.3. The summed E-state index contributed by atoms with van der Waals surface area (Å²) in [4.78, 5) is 73.4. The Morgan fingerprint density at radius 2 is 1.56 bits per heavy atom. The molecule has 4 fully saturated rings. The summed E-state index contributed by atoms with van der Waals surface area (Å²) >= 11 is 0. The summed E-state index contributed by atoms with van der Waals surface area (Å²) in [5.41, 5.74) is 5.76. The van der Waals surface area contributed by atoms with Crippen molar-refractivity contribution in [3.63, 3.8) is 0 Å². The molecule has 0 spiro atoms. The van der Waals surface area contributed by atoms with E-state index in [1.54, 1.807) is 0 Å². The molecular weight excluding hydrogens is 777 g/mol. The van der Waals surface area contributed by atoms with Crippen molar-refractivity contribution in [3.05, 3.63) is 72.4 Å². The number of ether oxygens (including phenoxy) is 3. The van der Waals surface area contributed by atoms with Gasteiger partial charge in [0.15, 0.2) is 0 Å². The van der Waals surface area contributed by atoms with Gasteiger partial charge < -0.3 is 44.6 Å². The normalized spacial score (nSPS) is 22.5. The summed E-state index contributed by atoms with van der Waals surface area (Å²) in [6.07, 6.45) is 6.53. The van der Waals surface area contributed by atoms with Gasteiger partial charge in [-0.25, -0.2) is 19.6 Å². The molecule has 3 saturated heterocycles. The van der Waals surface area contributed by atoms with Gasteiger partial charge in [0.05, 0.1) is 49.2 Å². The average molecular weight is 831 g/mol. The first-order valence-electron chi connectivity index (χ1n) is 21.6. The molecule has 1 aliphatic carbocycles. The van der Waals surface area contributed by atoms with Gasteiger partial charge in [0, 0.05) is 31.2 Å². The van der Waals surface area contributed by atoms with Crippen molar-refractivity contribution in [1.82, 2.24) is 40.4 Å². The van der Waals surface area contributed by atoms with Gasteiger partial charge >= 0.3 is 12.2 Å². The number of carbonyl (C=O) groups excluding carboxylic acids is 4. The van der Waals surface area contributed by atoms with Crippen LogP contribution in [0.15, 0.2) is 60.8 Å². The molecule has 3 aromatic carbocycles. The average Bonchev–Trinajstić information content (AvgIpc) is 4.15. The molecular formula is C46H54N8O7. The third kappa shape index (κ3) is 7.68. The van der Waals surface area contributed by atoms with Crippen LogP contribution in [0.5, 0.6) is 0 Å². The first kappa shape index (κ1) is 40.4. The Morgan fingerprint density at radius 1 is 0.820 bits per heavy atom. The number of rotatable bonds is 10. The Bertz CT molecular complexity index is 2440. The molecule has 3 aliphatic heterocycles. The number of likely N-dealkylation sites (tertiary alicyclic amines) is 2. The van der Waals surface area contributed by atoms with Gasteiger partial charge in [-0.3, -0.25) is 9.59 Å². The number of nitrogens with zero attached hydrogens (tertiary/aromatic N) is 4. The molecule has 320 valence electrons. The maximum Gasteiger partial charge on any atom is 0.407 e. The molecule has 4 N–H and O–H groups in total. The van der Waals surface area contributed by atoms with Crippen LogP contribution in [0.1, 0.15) is 82.5 Å². The predicted molar refractivity (Wildman–Crippen MR) is 228 cm³/mol. The Morgan fingerprint density at radius 3 is 2.31 bits per heavy atom. The lowest BCUT2D eigenvalue weighted by Gasteiger charge is -2.37. The molecule has 5 heterocycles. The van der Waals surface area contributed by atoms with Gasteiger partial charge in [0.2, 0.25) is 11.8 Å². The fourth-order valence-corrected chi connectivity index (χ4v) is 10.3. The fourth-order valence-electron chi connectivity index (χ4n) is 10.3. The lowest BCUT2D eigenvalue weighted by molar-refractivity contribution is -0.139. The smallest absolute Gasteiger partial charge is 0.407 e. The first-order chi connectivity index (χ1) is 29.6. The lowest BCUT2D eigenvalue weighted by atomic mass is 9.90. The largest absolute Gasteiger partial charge is 0.453 e. The molecule has 5 aromatic rings. The third-order valence-electron chi connectivity index (χ3n) is 13.4. The first-order valence-corrected chi connectivity index (χ1v) is 21.6. The number of nitrogens with one attached hydrogen (secondary N) is 4. The van der Waals surface area contributed by atoms with Gasteiger partial charge in [-0.2, -0.15) is 0 Å². The van der Waals surface area contributed by atoms with E-state index in [9.17, 15) is 19.2 Å². The van der Waals surface area contributed by atoms with Crippen molar-refractivity contribution >= 4 is 45.8 Å². The minimum atomic E-state index is -0.691. The molecule has 61 heavy (non-hydrogen) atoms. The molecule has 2 bridgehead atoms. The van der Waals surface area contributed by atoms with Crippen LogP contribution in [0, 0.1) is 17.8 Å². The highest BCUT2D eigenvalue weighted by molar-refractivity contribution is 6.05. The van der Waals surface area contributed by atoms with Crippen molar-refractivity contribution in [1.29, 1.82) is 0 Å². The van der Waals surface area contributed by atoms with Crippen LogP contribution in [0.4, 0.5) is 9.59 Å². The number of carbonyl (C=O) groups is 4. The van der Waals surface area contributed by atoms with E-state index in [1.807, 2.05) is 35.9 Å². The number of aromatic amines is 2. The number of hydrogen-bond donors (Lipinski definition) is 4. The number of benzene rings is 3. The second-order valence-electron chi connectivity index (χ2n) is 17.3. The highest BCUT2D eigenvalue weighted by Crippen LogP contribution is 2.50. The van der Waals surface area contributed by atoms with E-state index in [-0.39, 0.29) is 41.8 Å². The Hall–Kier alpha value is -5.96. The zero-order chi connectivity index (χ0) is 42.4. The van der Waals surface area contributed by atoms with Crippen molar-refractivity contribution in [2.75, 3.05) is 34.0 Å². The third-order valence-corrected chi connectivity index (χ3v) is 13.4. The van der Waals surface area contributed by atoms with Crippen molar-refractivity contribution in [2.24, 2.45) is 17.8 Å². The van der Waals surface area contributed by atoms with E-state index in [0.29, 0.717) is 38.5 Å². The van der Waals surface area contributed by atoms with Crippen LogP contribution in [0.2, 0.25) is 0 Å². The van der Waals surface area contributed by atoms with Crippen LogP contribution in [0.3, 0.4) is 0 Å². The Labute approximate surface area is 354 Å². The second kappa shape index (κ2) is 16.8. The van der Waals surface area contributed by atoms with Gasteiger partial charge in [-0.1, -0.05) is 56.3 Å². The number of methoxy groups -OCH3 is 2. The number of aromatic nitrogens is 4. The van der Waals surface area contributed by atoms with Crippen LogP contribution in [-0.4, -0.2) is 106 Å². The number of fused-ring (bicyclic) bond motifs is 5. The highest BCUT2D eigenvalue weighted by Gasteiger charge is 2.51. The molecule has 0 radical (unpaired) electrons. The number of H-pyrrole nitrogens is 2. The van der Waals surface area contributed by atoms with Gasteiger partial charge in [0.25, 0.3) is 0 Å². The number of amides is 4. The summed E-state index contributed by atoms with van der Waals surface area (Å²) < 4.78 is 15.3. The molecule has 15 heteroatoms. The van der Waals surface area contributed by atoms with Crippen LogP contribution in [0.25, 0.3) is 44.2 Å². The number of piperidine rings is 1. The summed E-state index contributed by atoms with van der Waals surface area (Å²) in [5, 5.41) is 7.66. The van der Waals surface area contributed by atoms with Crippen molar-refractivity contribution < 1.29 is 33.4 Å². The maximum atomic E-state index is 14.1. The van der Waals surface area contributed by atoms with Crippen LogP contribution >= 0.6 is 0 Å². The van der Waals surface area contributed by atoms with Gasteiger partial charge in [0.1, 0.15) is 23.7 Å². The van der Waals surface area contributed by atoms with E-state index in [1.165, 1.54) is 14.2 Å². The molecule has 15 nitrogen and oxygen atoms in total. The van der Waals surface area contributed by atoms with Crippen molar-refractivity contribution in [3.8, 4) is 22.4 Å². The summed E-state index contributed by atoms with van der Waals surface area (Å²) in [6, 6.07) is 17.3. The molecule has 2 aromatic heterocycles. The van der Waals surface area contributed by atoms with Crippen LogP contribution in [-0.2, 0) is 23.8 Å². The predicted octanol–water partition coefficient (Wildman–Crippen LogP) is 7.02. The fraction of sp³-hybridized carbons (Fsp3) is 0.478. The number of hydrogen-bond acceptors (Lipinski definition) is 9. The van der Waals surface area contributed by atoms with E-state index in [0.717, 1.165) is 87.9 Å². The van der Waals surface area contributed by atoms with E-state index < -0.39 is 24.3 Å². The van der Waals surface area contributed by atoms with E-state index in [4.69, 9.17) is 24.2 Å². The quantitative estimate of drug-likeness (QED) is 0.115. The Balaban J connectivity index is 0.920. The lowest BCUT2D eigenvalue weighted by Crippen LogP contribution is -2.54. The topological polar surface area (TPSA) is 184 Å². The summed E-state index contributed by atoms with van der Waals surface area (Å²) in [5.74, 6) is 1.47. The molecule has 1 unspecified atom stereocenters. The monoisotopic (exact) mass is 830 g/mol. The molecule has 4 aliphatic rings. The maximum absolute atomic E-state index is 14.1. The van der Waals surface area contributed by atoms with E-state index in [2.05, 4.69) is 69.1 Å². The number of alkyl carbamates (subject to hydrolysis) is 2. The van der Waals surface area contributed by atoms with E-state index >= 15 is 0 Å². The minimum absolute atomic E-state index is 0.0329. The zero-order valence-electron chi connectivity index (χ0n) is 35.1. The Kier molecular flexibility index (Phi) is 11.2. The minimum Gasteiger partial charge on any atom is -0.453 e.